The molecular formula is C36H48N2O2. The third-order valence-electron chi connectivity index (χ3n) is 8.62. The summed E-state index contributed by atoms with van der Waals surface area (Å²) in [4.78, 5) is 17.4. The molecule has 0 aromatic heterocycles. The molecule has 214 valence electrons. The molecule has 0 saturated carbocycles. The zero-order chi connectivity index (χ0) is 28.4. The Morgan fingerprint density at radius 1 is 0.850 bits per heavy atom. The van der Waals surface area contributed by atoms with Crippen molar-refractivity contribution in [1.29, 1.82) is 0 Å². The van der Waals surface area contributed by atoms with Crippen LogP contribution in [0.15, 0.2) is 91.0 Å². The zero-order valence-corrected chi connectivity index (χ0v) is 25.0. The molecule has 3 aromatic carbocycles. The minimum absolute atomic E-state index is 0.0904. The van der Waals surface area contributed by atoms with Gasteiger partial charge in [-0.1, -0.05) is 112 Å². The molecule has 1 saturated heterocycles. The average molecular weight is 541 g/mol. The highest BCUT2D eigenvalue weighted by molar-refractivity contribution is 5.68. The van der Waals surface area contributed by atoms with E-state index in [2.05, 4.69) is 93.3 Å². The largest absolute Gasteiger partial charge is 0.445 e. The van der Waals surface area contributed by atoms with Gasteiger partial charge >= 0.3 is 6.09 Å². The molecule has 0 bridgehead atoms. The molecule has 0 radical (unpaired) electrons. The topological polar surface area (TPSA) is 32.8 Å². The highest BCUT2D eigenvalue weighted by Gasteiger charge is 2.35. The number of hydrogen-bond acceptors (Lipinski definition) is 3. The van der Waals surface area contributed by atoms with E-state index in [-0.39, 0.29) is 23.0 Å². The monoisotopic (exact) mass is 540 g/mol. The van der Waals surface area contributed by atoms with Gasteiger partial charge in [0.2, 0.25) is 0 Å². The van der Waals surface area contributed by atoms with E-state index < -0.39 is 0 Å². The first kappa shape index (κ1) is 29.9. The number of carbonyl (C=O) groups is 1. The van der Waals surface area contributed by atoms with Gasteiger partial charge in [0.25, 0.3) is 0 Å². The van der Waals surface area contributed by atoms with Crippen LogP contribution in [0, 0.1) is 5.41 Å². The van der Waals surface area contributed by atoms with Crippen molar-refractivity contribution < 1.29 is 9.53 Å². The van der Waals surface area contributed by atoms with Crippen LogP contribution >= 0.6 is 0 Å². The van der Waals surface area contributed by atoms with Gasteiger partial charge in [-0.2, -0.15) is 0 Å². The molecule has 1 fully saturated rings. The van der Waals surface area contributed by atoms with Crippen molar-refractivity contribution in [3.8, 4) is 0 Å². The van der Waals surface area contributed by atoms with Crippen LogP contribution in [0.1, 0.15) is 70.1 Å². The number of amides is 1. The number of ether oxygens (including phenoxy) is 1. The molecule has 40 heavy (non-hydrogen) atoms. The summed E-state index contributed by atoms with van der Waals surface area (Å²) in [6.07, 6.45) is 5.13. The van der Waals surface area contributed by atoms with Gasteiger partial charge in [0.1, 0.15) is 6.61 Å². The molecule has 4 rings (SSSR count). The van der Waals surface area contributed by atoms with Crippen LogP contribution in [0.2, 0.25) is 0 Å². The third kappa shape index (κ3) is 8.44. The van der Waals surface area contributed by atoms with Crippen LogP contribution in [-0.2, 0) is 23.2 Å². The first-order chi connectivity index (χ1) is 19.3. The first-order valence-electron chi connectivity index (χ1n) is 15.1. The Labute approximate surface area is 242 Å². The molecule has 0 aliphatic carbocycles. The van der Waals surface area contributed by atoms with Gasteiger partial charge < -0.3 is 14.5 Å². The summed E-state index contributed by atoms with van der Waals surface area (Å²) in [5.41, 5.74) is 4.14. The summed E-state index contributed by atoms with van der Waals surface area (Å²) in [6.45, 7) is 13.5. The highest BCUT2D eigenvalue weighted by atomic mass is 16.6. The molecule has 1 aliphatic rings. The summed E-state index contributed by atoms with van der Waals surface area (Å²) < 4.78 is 5.66. The Kier molecular flexibility index (Phi) is 10.4. The fourth-order valence-electron chi connectivity index (χ4n) is 6.64. The maximum atomic E-state index is 12.9. The van der Waals surface area contributed by atoms with Gasteiger partial charge in [-0.05, 0) is 73.1 Å². The Bertz CT molecular complexity index is 1160. The minimum Gasteiger partial charge on any atom is -0.445 e. The Morgan fingerprint density at radius 2 is 1.40 bits per heavy atom. The quantitative estimate of drug-likeness (QED) is 0.233. The number of carbonyl (C=O) groups excluding carboxylic acids is 1. The second-order valence-electron chi connectivity index (χ2n) is 12.6. The number of benzene rings is 3. The Hall–Kier alpha value is -3.11. The molecule has 1 aliphatic heterocycles. The Balaban J connectivity index is 1.33. The lowest BCUT2D eigenvalue weighted by molar-refractivity contribution is 0.0615. The molecule has 4 heteroatoms. The lowest BCUT2D eigenvalue weighted by atomic mass is 9.66. The highest BCUT2D eigenvalue weighted by Crippen LogP contribution is 2.41. The van der Waals surface area contributed by atoms with Crippen LogP contribution < -0.4 is 0 Å². The summed E-state index contributed by atoms with van der Waals surface area (Å²) >= 11 is 0. The van der Waals surface area contributed by atoms with Crippen molar-refractivity contribution in [2.75, 3.05) is 26.2 Å². The van der Waals surface area contributed by atoms with E-state index in [4.69, 9.17) is 4.74 Å². The maximum Gasteiger partial charge on any atom is 0.410 e. The molecule has 3 aromatic rings. The summed E-state index contributed by atoms with van der Waals surface area (Å²) in [5.74, 6) is 0. The van der Waals surface area contributed by atoms with Crippen molar-refractivity contribution in [3.05, 3.63) is 108 Å². The second-order valence-corrected chi connectivity index (χ2v) is 12.6. The predicted molar refractivity (Wildman–Crippen MR) is 165 cm³/mol. The van der Waals surface area contributed by atoms with Crippen LogP contribution in [-0.4, -0.2) is 48.1 Å². The molecule has 1 atom stereocenters. The molecule has 0 N–H and O–H groups in total. The SMILES string of the molecule is CCN(C(=O)OCc1ccccc1)C1CCN(CCC(C)(CC(C)(C)Cc2ccccc2)c2ccccc2)CC1. The van der Waals surface area contributed by atoms with Crippen LogP contribution in [0.5, 0.6) is 0 Å². The number of nitrogens with zero attached hydrogens (tertiary/aromatic N) is 2. The van der Waals surface area contributed by atoms with E-state index >= 15 is 0 Å². The third-order valence-corrected chi connectivity index (χ3v) is 8.62. The van der Waals surface area contributed by atoms with Crippen molar-refractivity contribution in [1.82, 2.24) is 9.80 Å². The summed E-state index contributed by atoms with van der Waals surface area (Å²) in [7, 11) is 0. The van der Waals surface area contributed by atoms with E-state index in [9.17, 15) is 4.79 Å². The summed E-state index contributed by atoms with van der Waals surface area (Å²) in [5, 5.41) is 0. The van der Waals surface area contributed by atoms with Crippen molar-refractivity contribution in [3.63, 3.8) is 0 Å². The fraction of sp³-hybridized carbons (Fsp3) is 0.472. The van der Waals surface area contributed by atoms with Gasteiger partial charge in [-0.3, -0.25) is 0 Å². The van der Waals surface area contributed by atoms with E-state index in [1.165, 1.54) is 11.1 Å². The molecule has 1 unspecified atom stereocenters. The average Bonchev–Trinajstić information content (AvgIpc) is 2.97. The van der Waals surface area contributed by atoms with Crippen molar-refractivity contribution in [2.45, 2.75) is 77.9 Å². The van der Waals surface area contributed by atoms with E-state index in [1.807, 2.05) is 35.2 Å². The maximum absolute atomic E-state index is 12.9. The smallest absolute Gasteiger partial charge is 0.410 e. The predicted octanol–water partition coefficient (Wildman–Crippen LogP) is 8.12. The van der Waals surface area contributed by atoms with Crippen LogP contribution in [0.25, 0.3) is 0 Å². The normalized spacial score (nSPS) is 16.3. The molecule has 0 spiro atoms. The van der Waals surface area contributed by atoms with E-state index in [1.54, 1.807) is 0 Å². The van der Waals surface area contributed by atoms with Gasteiger partial charge in [-0.15, -0.1) is 0 Å². The second kappa shape index (κ2) is 14.0. The summed E-state index contributed by atoms with van der Waals surface area (Å²) in [6, 6.07) is 32.2. The first-order valence-corrected chi connectivity index (χ1v) is 15.1. The fourth-order valence-corrected chi connectivity index (χ4v) is 6.64. The minimum atomic E-state index is -0.192. The lowest BCUT2D eigenvalue weighted by Gasteiger charge is -2.41. The van der Waals surface area contributed by atoms with Crippen LogP contribution in [0.3, 0.4) is 0 Å². The van der Waals surface area contributed by atoms with Crippen molar-refractivity contribution >= 4 is 6.09 Å². The van der Waals surface area contributed by atoms with E-state index in [0.717, 1.165) is 57.3 Å². The van der Waals surface area contributed by atoms with Gasteiger partial charge in [-0.25, -0.2) is 4.79 Å². The van der Waals surface area contributed by atoms with E-state index in [0.29, 0.717) is 13.2 Å². The van der Waals surface area contributed by atoms with Gasteiger partial charge in [0, 0.05) is 25.7 Å². The van der Waals surface area contributed by atoms with Gasteiger partial charge in [0.15, 0.2) is 0 Å². The molecule has 1 amide bonds. The van der Waals surface area contributed by atoms with Gasteiger partial charge in [0.05, 0.1) is 0 Å². The Morgan fingerprint density at radius 3 is 1.98 bits per heavy atom. The number of hydrogen-bond donors (Lipinski definition) is 0. The lowest BCUT2D eigenvalue weighted by Crippen LogP contribution is -2.48. The standard InChI is InChI=1S/C36H48N2O2/c1-5-38(34(39)40-28-31-17-11-7-12-18-31)33-21-24-37(25-22-33)26-23-36(4,32-19-13-8-14-20-32)29-35(2,3)27-30-15-9-6-10-16-30/h6-20,33H,5,21-29H2,1-4H3. The van der Waals surface area contributed by atoms with Crippen LogP contribution in [0.4, 0.5) is 4.79 Å². The number of likely N-dealkylation sites (tertiary alicyclic amines) is 1. The van der Waals surface area contributed by atoms with Crippen molar-refractivity contribution in [2.24, 2.45) is 5.41 Å². The number of rotatable bonds is 12. The number of piperidine rings is 1. The zero-order valence-electron chi connectivity index (χ0n) is 25.0. The molecule has 4 nitrogen and oxygen atoms in total. The molecule has 1 heterocycles. The molecular weight excluding hydrogens is 492 g/mol.